The maximum absolute atomic E-state index is 11.8. The minimum absolute atomic E-state index is 0.104. The number of amides is 1. The molecule has 0 spiro atoms. The zero-order chi connectivity index (χ0) is 10.7. The van der Waals surface area contributed by atoms with E-state index in [0.29, 0.717) is 6.04 Å². The van der Waals surface area contributed by atoms with Crippen molar-refractivity contribution in [1.29, 1.82) is 0 Å². The summed E-state index contributed by atoms with van der Waals surface area (Å²) < 4.78 is 0. The molecule has 0 radical (unpaired) electrons. The molecule has 0 bridgehead atoms. The van der Waals surface area contributed by atoms with E-state index in [-0.39, 0.29) is 11.9 Å². The molecule has 2 N–H and O–H groups in total. The van der Waals surface area contributed by atoms with Gasteiger partial charge in [-0.2, -0.15) is 0 Å². The van der Waals surface area contributed by atoms with Crippen molar-refractivity contribution in [3.8, 4) is 0 Å². The standard InChI is InChI=1S/C10H21N3O/c1-4-9(11)10(14)13-6-5-12(3)8(2)7-13/h8-9H,4-7,11H2,1-3H3. The van der Waals surface area contributed by atoms with Crippen molar-refractivity contribution in [1.82, 2.24) is 9.80 Å². The molecule has 1 fully saturated rings. The number of likely N-dealkylation sites (N-methyl/N-ethyl adjacent to an activating group) is 1. The zero-order valence-corrected chi connectivity index (χ0v) is 9.36. The first-order valence-electron chi connectivity index (χ1n) is 5.30. The molecule has 0 aromatic carbocycles. The van der Waals surface area contributed by atoms with Gasteiger partial charge in [0, 0.05) is 25.7 Å². The average molecular weight is 199 g/mol. The number of carbonyl (C=O) groups is 1. The first-order chi connectivity index (χ1) is 6.56. The van der Waals surface area contributed by atoms with Crippen LogP contribution < -0.4 is 5.73 Å². The van der Waals surface area contributed by atoms with Crippen LogP contribution in [0.15, 0.2) is 0 Å². The smallest absolute Gasteiger partial charge is 0.239 e. The summed E-state index contributed by atoms with van der Waals surface area (Å²) in [7, 11) is 2.09. The summed E-state index contributed by atoms with van der Waals surface area (Å²) in [5, 5.41) is 0. The lowest BCUT2D eigenvalue weighted by Gasteiger charge is -2.38. The van der Waals surface area contributed by atoms with Gasteiger partial charge in [0.2, 0.25) is 5.91 Å². The van der Waals surface area contributed by atoms with E-state index in [1.807, 2.05) is 11.8 Å². The average Bonchev–Trinajstić information content (AvgIpc) is 2.20. The topological polar surface area (TPSA) is 49.6 Å². The van der Waals surface area contributed by atoms with E-state index in [0.717, 1.165) is 26.1 Å². The second-order valence-corrected chi connectivity index (χ2v) is 4.13. The molecule has 1 rings (SSSR count). The SMILES string of the molecule is CCC(N)C(=O)N1CCN(C)C(C)C1. The predicted octanol–water partition coefficient (Wildman–Crippen LogP) is -0.114. The summed E-state index contributed by atoms with van der Waals surface area (Å²) in [6, 6.07) is 0.127. The minimum atomic E-state index is -0.314. The van der Waals surface area contributed by atoms with E-state index in [9.17, 15) is 4.79 Å². The Labute approximate surface area is 86.0 Å². The number of hydrogen-bond donors (Lipinski definition) is 1. The molecular weight excluding hydrogens is 178 g/mol. The lowest BCUT2D eigenvalue weighted by atomic mass is 10.1. The van der Waals surface area contributed by atoms with Crippen LogP contribution in [0.5, 0.6) is 0 Å². The fourth-order valence-electron chi connectivity index (χ4n) is 1.66. The molecule has 14 heavy (non-hydrogen) atoms. The van der Waals surface area contributed by atoms with Crippen LogP contribution in [0.1, 0.15) is 20.3 Å². The van der Waals surface area contributed by atoms with Gasteiger partial charge in [0.25, 0.3) is 0 Å². The molecule has 4 heteroatoms. The summed E-state index contributed by atoms with van der Waals surface area (Å²) in [5.74, 6) is 0.104. The lowest BCUT2D eigenvalue weighted by molar-refractivity contribution is -0.135. The third-order valence-corrected chi connectivity index (χ3v) is 3.03. The summed E-state index contributed by atoms with van der Waals surface area (Å²) >= 11 is 0. The highest BCUT2D eigenvalue weighted by Gasteiger charge is 2.26. The molecule has 1 saturated heterocycles. The molecule has 1 aliphatic heterocycles. The number of carbonyl (C=O) groups excluding carboxylic acids is 1. The van der Waals surface area contributed by atoms with Crippen molar-refractivity contribution >= 4 is 5.91 Å². The van der Waals surface area contributed by atoms with Gasteiger partial charge in [-0.1, -0.05) is 6.92 Å². The molecule has 1 amide bonds. The van der Waals surface area contributed by atoms with Gasteiger partial charge in [0.1, 0.15) is 0 Å². The van der Waals surface area contributed by atoms with Gasteiger partial charge < -0.3 is 15.5 Å². The van der Waals surface area contributed by atoms with Gasteiger partial charge in [-0.3, -0.25) is 4.79 Å². The summed E-state index contributed by atoms with van der Waals surface area (Å²) in [4.78, 5) is 15.9. The van der Waals surface area contributed by atoms with Gasteiger partial charge >= 0.3 is 0 Å². The number of rotatable bonds is 2. The highest BCUT2D eigenvalue weighted by molar-refractivity contribution is 5.81. The quantitative estimate of drug-likeness (QED) is 0.675. The molecule has 0 saturated carbocycles. The molecular formula is C10H21N3O. The van der Waals surface area contributed by atoms with E-state index in [2.05, 4.69) is 18.9 Å². The van der Waals surface area contributed by atoms with Crippen LogP contribution in [0.2, 0.25) is 0 Å². The van der Waals surface area contributed by atoms with Crippen LogP contribution in [0.25, 0.3) is 0 Å². The van der Waals surface area contributed by atoms with E-state index < -0.39 is 0 Å². The Balaban J connectivity index is 2.50. The Hall–Kier alpha value is -0.610. The van der Waals surface area contributed by atoms with Gasteiger partial charge in [-0.05, 0) is 20.4 Å². The summed E-state index contributed by atoms with van der Waals surface area (Å²) in [5.41, 5.74) is 5.72. The lowest BCUT2D eigenvalue weighted by Crippen LogP contribution is -2.55. The van der Waals surface area contributed by atoms with E-state index in [1.54, 1.807) is 0 Å². The maximum atomic E-state index is 11.8. The van der Waals surface area contributed by atoms with Crippen molar-refractivity contribution < 1.29 is 4.79 Å². The van der Waals surface area contributed by atoms with E-state index in [1.165, 1.54) is 0 Å². The van der Waals surface area contributed by atoms with Crippen LogP contribution in [0.4, 0.5) is 0 Å². The zero-order valence-electron chi connectivity index (χ0n) is 9.36. The molecule has 0 aliphatic carbocycles. The molecule has 1 aliphatic rings. The number of nitrogens with two attached hydrogens (primary N) is 1. The number of hydrogen-bond acceptors (Lipinski definition) is 3. The van der Waals surface area contributed by atoms with Crippen LogP contribution in [-0.2, 0) is 4.79 Å². The second kappa shape index (κ2) is 4.75. The Bertz CT molecular complexity index is 208. The van der Waals surface area contributed by atoms with Crippen LogP contribution in [-0.4, -0.2) is 54.5 Å². The Morgan fingerprint density at radius 1 is 1.57 bits per heavy atom. The normalized spacial score (nSPS) is 26.3. The van der Waals surface area contributed by atoms with Crippen LogP contribution in [0.3, 0.4) is 0 Å². The minimum Gasteiger partial charge on any atom is -0.339 e. The molecule has 1 heterocycles. The van der Waals surface area contributed by atoms with Crippen molar-refractivity contribution in [3.63, 3.8) is 0 Å². The third-order valence-electron chi connectivity index (χ3n) is 3.03. The summed E-state index contributed by atoms with van der Waals surface area (Å²) in [6.45, 7) is 6.65. The van der Waals surface area contributed by atoms with Crippen molar-refractivity contribution in [2.24, 2.45) is 5.73 Å². The summed E-state index contributed by atoms with van der Waals surface area (Å²) in [6.07, 6.45) is 0.722. The molecule has 4 nitrogen and oxygen atoms in total. The van der Waals surface area contributed by atoms with Gasteiger partial charge in [0.15, 0.2) is 0 Å². The first kappa shape index (κ1) is 11.5. The van der Waals surface area contributed by atoms with Crippen molar-refractivity contribution in [3.05, 3.63) is 0 Å². The van der Waals surface area contributed by atoms with Gasteiger partial charge in [-0.25, -0.2) is 0 Å². The molecule has 2 atom stereocenters. The highest BCUT2D eigenvalue weighted by atomic mass is 16.2. The maximum Gasteiger partial charge on any atom is 0.239 e. The fourth-order valence-corrected chi connectivity index (χ4v) is 1.66. The molecule has 2 unspecified atom stereocenters. The third kappa shape index (κ3) is 2.45. The number of nitrogens with zero attached hydrogens (tertiary/aromatic N) is 2. The number of piperazine rings is 1. The Kier molecular flexibility index (Phi) is 3.89. The van der Waals surface area contributed by atoms with Crippen LogP contribution in [0, 0.1) is 0 Å². The molecule has 0 aromatic heterocycles. The van der Waals surface area contributed by atoms with Gasteiger partial charge in [-0.15, -0.1) is 0 Å². The van der Waals surface area contributed by atoms with Gasteiger partial charge in [0.05, 0.1) is 6.04 Å². The predicted molar refractivity (Wildman–Crippen MR) is 56.9 cm³/mol. The second-order valence-electron chi connectivity index (χ2n) is 4.13. The highest BCUT2D eigenvalue weighted by Crippen LogP contribution is 2.08. The monoisotopic (exact) mass is 199 g/mol. The largest absolute Gasteiger partial charge is 0.339 e. The van der Waals surface area contributed by atoms with E-state index in [4.69, 9.17) is 5.73 Å². The van der Waals surface area contributed by atoms with Crippen molar-refractivity contribution in [2.75, 3.05) is 26.7 Å². The molecule has 82 valence electrons. The Morgan fingerprint density at radius 3 is 2.71 bits per heavy atom. The fraction of sp³-hybridized carbons (Fsp3) is 0.900. The molecule has 0 aromatic rings. The van der Waals surface area contributed by atoms with Crippen molar-refractivity contribution in [2.45, 2.75) is 32.4 Å². The first-order valence-corrected chi connectivity index (χ1v) is 5.30. The van der Waals surface area contributed by atoms with E-state index >= 15 is 0 Å². The Morgan fingerprint density at radius 2 is 2.21 bits per heavy atom. The van der Waals surface area contributed by atoms with Crippen LogP contribution >= 0.6 is 0 Å².